The Bertz CT molecular complexity index is 784. The van der Waals surface area contributed by atoms with Crippen LogP contribution in [0.2, 0.25) is 0 Å². The number of aromatic nitrogens is 1. The first-order chi connectivity index (χ1) is 9.74. The highest BCUT2D eigenvalue weighted by Crippen LogP contribution is 2.26. The van der Waals surface area contributed by atoms with E-state index >= 15 is 0 Å². The number of nitriles is 1. The first kappa shape index (κ1) is 12.6. The number of ether oxygens (including phenoxy) is 1. The summed E-state index contributed by atoms with van der Waals surface area (Å²) in [5.74, 6) is 0.838. The van der Waals surface area contributed by atoms with Crippen molar-refractivity contribution in [1.29, 1.82) is 5.26 Å². The van der Waals surface area contributed by atoms with Gasteiger partial charge in [-0.05, 0) is 42.8 Å². The molecule has 2 aromatic carbocycles. The van der Waals surface area contributed by atoms with Gasteiger partial charge >= 0.3 is 0 Å². The maximum absolute atomic E-state index is 8.75. The monoisotopic (exact) mass is 280 g/mol. The van der Waals surface area contributed by atoms with E-state index in [0.717, 1.165) is 26.5 Å². The van der Waals surface area contributed by atoms with Gasteiger partial charge in [0.2, 0.25) is 0 Å². The fourth-order valence-corrected chi connectivity index (χ4v) is 2.81. The zero-order valence-electron chi connectivity index (χ0n) is 11.0. The van der Waals surface area contributed by atoms with Crippen LogP contribution in [0, 0.1) is 18.3 Å². The van der Waals surface area contributed by atoms with Gasteiger partial charge in [0.15, 0.2) is 0 Å². The smallest absolute Gasteiger partial charge is 0.121 e. The molecule has 0 spiro atoms. The lowest BCUT2D eigenvalue weighted by Crippen LogP contribution is -1.95. The highest BCUT2D eigenvalue weighted by atomic mass is 32.1. The largest absolute Gasteiger partial charge is 0.489 e. The lowest BCUT2D eigenvalue weighted by atomic mass is 10.2. The van der Waals surface area contributed by atoms with E-state index in [2.05, 4.69) is 11.1 Å². The molecule has 1 heterocycles. The Kier molecular flexibility index (Phi) is 3.36. The highest BCUT2D eigenvalue weighted by molar-refractivity contribution is 7.18. The van der Waals surface area contributed by atoms with Crippen molar-refractivity contribution in [3.63, 3.8) is 0 Å². The first-order valence-electron chi connectivity index (χ1n) is 6.23. The van der Waals surface area contributed by atoms with Crippen LogP contribution < -0.4 is 4.74 Å². The zero-order chi connectivity index (χ0) is 13.9. The molecule has 4 heteroatoms. The lowest BCUT2D eigenvalue weighted by Gasteiger charge is -2.06. The molecule has 0 aliphatic heterocycles. The summed E-state index contributed by atoms with van der Waals surface area (Å²) in [5, 5.41) is 9.81. The molecule has 0 amide bonds. The van der Waals surface area contributed by atoms with Crippen molar-refractivity contribution in [2.24, 2.45) is 0 Å². The minimum absolute atomic E-state index is 0.495. The van der Waals surface area contributed by atoms with Gasteiger partial charge in [0.1, 0.15) is 12.4 Å². The number of nitrogens with zero attached hydrogens (tertiary/aromatic N) is 2. The maximum atomic E-state index is 8.75. The molecule has 1 aromatic heterocycles. The summed E-state index contributed by atoms with van der Waals surface area (Å²) in [6, 6.07) is 15.5. The van der Waals surface area contributed by atoms with E-state index in [1.54, 1.807) is 23.5 Å². The molecule has 98 valence electrons. The number of hydrogen-bond acceptors (Lipinski definition) is 4. The van der Waals surface area contributed by atoms with Crippen LogP contribution in [-0.2, 0) is 6.61 Å². The minimum Gasteiger partial charge on any atom is -0.489 e. The Hall–Kier alpha value is -2.38. The van der Waals surface area contributed by atoms with E-state index in [0.29, 0.717) is 12.2 Å². The van der Waals surface area contributed by atoms with E-state index in [9.17, 15) is 0 Å². The quantitative estimate of drug-likeness (QED) is 0.727. The molecular formula is C16H12N2OS. The molecule has 0 atom stereocenters. The molecule has 3 nitrogen and oxygen atoms in total. The van der Waals surface area contributed by atoms with Crippen molar-refractivity contribution in [2.45, 2.75) is 13.5 Å². The molecule has 3 rings (SSSR count). The molecule has 0 fully saturated rings. The summed E-state index contributed by atoms with van der Waals surface area (Å²) < 4.78 is 6.92. The molecule has 3 aromatic rings. The van der Waals surface area contributed by atoms with Gasteiger partial charge < -0.3 is 4.74 Å². The van der Waals surface area contributed by atoms with Gasteiger partial charge in [-0.3, -0.25) is 0 Å². The second-order valence-electron chi connectivity index (χ2n) is 4.46. The fraction of sp³-hybridized carbons (Fsp3) is 0.125. The van der Waals surface area contributed by atoms with E-state index in [4.69, 9.17) is 10.00 Å². The molecule has 20 heavy (non-hydrogen) atoms. The van der Waals surface area contributed by atoms with Crippen LogP contribution in [0.1, 0.15) is 16.1 Å². The zero-order valence-corrected chi connectivity index (χ0v) is 11.8. The third-order valence-electron chi connectivity index (χ3n) is 2.96. The second kappa shape index (κ2) is 5.32. The van der Waals surface area contributed by atoms with Gasteiger partial charge in [0.05, 0.1) is 26.9 Å². The van der Waals surface area contributed by atoms with Crippen LogP contribution in [0.5, 0.6) is 5.75 Å². The standard InChI is InChI=1S/C16H12N2OS/c1-11-18-15-7-6-14(8-16(15)20-11)19-10-13-4-2-12(9-17)3-5-13/h2-8H,10H2,1H3. The van der Waals surface area contributed by atoms with Gasteiger partial charge in [-0.1, -0.05) is 12.1 Å². The van der Waals surface area contributed by atoms with Crippen molar-refractivity contribution in [1.82, 2.24) is 4.98 Å². The summed E-state index contributed by atoms with van der Waals surface area (Å²) >= 11 is 1.67. The van der Waals surface area contributed by atoms with E-state index in [-0.39, 0.29) is 0 Å². The first-order valence-corrected chi connectivity index (χ1v) is 7.05. The Morgan fingerprint density at radius 2 is 2.00 bits per heavy atom. The maximum Gasteiger partial charge on any atom is 0.121 e. The van der Waals surface area contributed by atoms with E-state index in [1.807, 2.05) is 37.3 Å². The van der Waals surface area contributed by atoms with Gasteiger partial charge in [-0.15, -0.1) is 11.3 Å². The van der Waals surface area contributed by atoms with Gasteiger partial charge in [0.25, 0.3) is 0 Å². The Balaban J connectivity index is 1.74. The Labute approximate surface area is 121 Å². The van der Waals surface area contributed by atoms with Crippen molar-refractivity contribution in [2.75, 3.05) is 0 Å². The Morgan fingerprint density at radius 1 is 1.20 bits per heavy atom. The third kappa shape index (κ3) is 2.63. The summed E-state index contributed by atoms with van der Waals surface area (Å²) in [5.41, 5.74) is 2.72. The number of benzene rings is 2. The van der Waals surface area contributed by atoms with Crippen LogP contribution in [0.3, 0.4) is 0 Å². The molecule has 0 unspecified atom stereocenters. The molecule has 0 aliphatic carbocycles. The summed E-state index contributed by atoms with van der Waals surface area (Å²) in [6.45, 7) is 2.50. The number of thiazole rings is 1. The predicted octanol–water partition coefficient (Wildman–Crippen LogP) is 4.06. The number of rotatable bonds is 3. The fourth-order valence-electron chi connectivity index (χ4n) is 1.95. The van der Waals surface area contributed by atoms with Gasteiger partial charge in [-0.2, -0.15) is 5.26 Å². The van der Waals surface area contributed by atoms with E-state index < -0.39 is 0 Å². The topological polar surface area (TPSA) is 45.9 Å². The molecule has 0 radical (unpaired) electrons. The Morgan fingerprint density at radius 3 is 2.75 bits per heavy atom. The highest BCUT2D eigenvalue weighted by Gasteiger charge is 2.03. The van der Waals surface area contributed by atoms with Crippen molar-refractivity contribution >= 4 is 21.6 Å². The SMILES string of the molecule is Cc1nc2ccc(OCc3ccc(C#N)cc3)cc2s1. The van der Waals surface area contributed by atoms with Crippen molar-refractivity contribution in [3.8, 4) is 11.8 Å². The summed E-state index contributed by atoms with van der Waals surface area (Å²) in [7, 11) is 0. The molecule has 0 saturated carbocycles. The van der Waals surface area contributed by atoms with Crippen LogP contribution in [-0.4, -0.2) is 4.98 Å². The molecule has 0 aliphatic rings. The third-order valence-corrected chi connectivity index (χ3v) is 3.89. The molecule has 0 saturated heterocycles. The number of fused-ring (bicyclic) bond motifs is 1. The predicted molar refractivity (Wildman–Crippen MR) is 79.8 cm³/mol. The van der Waals surface area contributed by atoms with Gasteiger partial charge in [0, 0.05) is 0 Å². The van der Waals surface area contributed by atoms with Gasteiger partial charge in [-0.25, -0.2) is 4.98 Å². The molecule has 0 N–H and O–H groups in total. The summed E-state index contributed by atoms with van der Waals surface area (Å²) in [6.07, 6.45) is 0. The normalized spacial score (nSPS) is 10.4. The molecule has 0 bridgehead atoms. The van der Waals surface area contributed by atoms with Crippen LogP contribution >= 0.6 is 11.3 Å². The van der Waals surface area contributed by atoms with Crippen molar-refractivity contribution in [3.05, 3.63) is 58.6 Å². The summed E-state index contributed by atoms with van der Waals surface area (Å²) in [4.78, 5) is 4.42. The van der Waals surface area contributed by atoms with Crippen LogP contribution in [0.15, 0.2) is 42.5 Å². The second-order valence-corrected chi connectivity index (χ2v) is 5.69. The minimum atomic E-state index is 0.495. The number of aryl methyl sites for hydroxylation is 1. The molecular weight excluding hydrogens is 268 g/mol. The average Bonchev–Trinajstić information content (AvgIpc) is 2.85. The average molecular weight is 280 g/mol. The lowest BCUT2D eigenvalue weighted by molar-refractivity contribution is 0.306. The van der Waals surface area contributed by atoms with Crippen LogP contribution in [0.4, 0.5) is 0 Å². The van der Waals surface area contributed by atoms with Crippen molar-refractivity contribution < 1.29 is 4.74 Å². The number of hydrogen-bond donors (Lipinski definition) is 0. The van der Waals surface area contributed by atoms with E-state index in [1.165, 1.54) is 0 Å². The van der Waals surface area contributed by atoms with Crippen LogP contribution in [0.25, 0.3) is 10.2 Å².